The van der Waals surface area contributed by atoms with E-state index in [1.165, 1.54) is 12.1 Å². The van der Waals surface area contributed by atoms with Crippen LogP contribution in [0.1, 0.15) is 0 Å². The molecule has 3 aromatic rings. The lowest BCUT2D eigenvalue weighted by atomic mass is 10.1. The van der Waals surface area contributed by atoms with Gasteiger partial charge in [-0.3, -0.25) is 9.36 Å². The molecule has 2 aromatic carbocycles. The summed E-state index contributed by atoms with van der Waals surface area (Å²) in [7, 11) is 0. The standard InChI is InChI=1S/C19H14F2N2O3/c20-16-6-3-13(9-17(16)21)12-1-4-14(5-2-12)25-11-15-10-23-8-7-18(24)22-19(23)26-15/h1-9,15H,10-11H2. The van der Waals surface area contributed by atoms with Crippen molar-refractivity contribution in [1.29, 1.82) is 0 Å². The van der Waals surface area contributed by atoms with Gasteiger partial charge in [0, 0.05) is 12.3 Å². The third-order valence-corrected chi connectivity index (χ3v) is 4.06. The molecule has 0 aliphatic carbocycles. The molecule has 0 bridgehead atoms. The van der Waals surface area contributed by atoms with Crippen LogP contribution in [0.4, 0.5) is 8.78 Å². The molecule has 1 atom stereocenters. The first-order valence-corrected chi connectivity index (χ1v) is 8.01. The fourth-order valence-electron chi connectivity index (χ4n) is 2.75. The zero-order chi connectivity index (χ0) is 18.1. The van der Waals surface area contributed by atoms with E-state index >= 15 is 0 Å². The highest BCUT2D eigenvalue weighted by atomic mass is 19.2. The summed E-state index contributed by atoms with van der Waals surface area (Å²) in [6.45, 7) is 0.845. The first-order chi connectivity index (χ1) is 12.6. The van der Waals surface area contributed by atoms with E-state index in [2.05, 4.69) is 4.98 Å². The molecule has 0 amide bonds. The second-order valence-electron chi connectivity index (χ2n) is 5.90. The summed E-state index contributed by atoms with van der Waals surface area (Å²) in [5.41, 5.74) is 0.995. The minimum atomic E-state index is -0.881. The van der Waals surface area contributed by atoms with E-state index < -0.39 is 11.6 Å². The van der Waals surface area contributed by atoms with E-state index in [4.69, 9.17) is 9.47 Å². The first-order valence-electron chi connectivity index (χ1n) is 8.01. The molecule has 132 valence electrons. The van der Waals surface area contributed by atoms with E-state index in [0.29, 0.717) is 30.5 Å². The quantitative estimate of drug-likeness (QED) is 0.721. The van der Waals surface area contributed by atoms with Gasteiger partial charge in [0.25, 0.3) is 11.6 Å². The number of hydrogen-bond acceptors (Lipinski definition) is 4. The van der Waals surface area contributed by atoms with Gasteiger partial charge in [-0.2, -0.15) is 4.98 Å². The Kier molecular flexibility index (Phi) is 4.12. The van der Waals surface area contributed by atoms with Gasteiger partial charge in [-0.15, -0.1) is 0 Å². The molecule has 0 radical (unpaired) electrons. The highest BCUT2D eigenvalue weighted by molar-refractivity contribution is 5.64. The topological polar surface area (TPSA) is 53.4 Å². The van der Waals surface area contributed by atoms with Gasteiger partial charge in [0.05, 0.1) is 6.54 Å². The summed E-state index contributed by atoms with van der Waals surface area (Å²) in [4.78, 5) is 15.0. The van der Waals surface area contributed by atoms with Crippen molar-refractivity contribution < 1.29 is 18.3 Å². The average Bonchev–Trinajstić information content (AvgIpc) is 3.05. The Morgan fingerprint density at radius 1 is 1.08 bits per heavy atom. The number of benzene rings is 2. The highest BCUT2D eigenvalue weighted by Crippen LogP contribution is 2.24. The Labute approximate surface area is 147 Å². The molecule has 0 saturated carbocycles. The van der Waals surface area contributed by atoms with Gasteiger partial charge >= 0.3 is 0 Å². The van der Waals surface area contributed by atoms with Crippen LogP contribution in [0, 0.1) is 11.6 Å². The number of fused-ring (bicyclic) bond motifs is 1. The molecule has 1 aromatic heterocycles. The summed E-state index contributed by atoms with van der Waals surface area (Å²) >= 11 is 0. The SMILES string of the molecule is O=c1ccn2c(n1)OC(COc1ccc(-c3ccc(F)c(F)c3)cc1)C2. The van der Waals surface area contributed by atoms with E-state index in [9.17, 15) is 13.6 Å². The maximum atomic E-state index is 13.3. The summed E-state index contributed by atoms with van der Waals surface area (Å²) in [5.74, 6) is -1.13. The van der Waals surface area contributed by atoms with Crippen LogP contribution in [0.3, 0.4) is 0 Å². The van der Waals surface area contributed by atoms with Crippen molar-refractivity contribution >= 4 is 0 Å². The van der Waals surface area contributed by atoms with Crippen molar-refractivity contribution in [2.24, 2.45) is 0 Å². The predicted molar refractivity (Wildman–Crippen MR) is 90.2 cm³/mol. The average molecular weight is 356 g/mol. The van der Waals surface area contributed by atoms with Gasteiger partial charge in [-0.1, -0.05) is 18.2 Å². The van der Waals surface area contributed by atoms with Gasteiger partial charge in [0.2, 0.25) is 0 Å². The summed E-state index contributed by atoms with van der Waals surface area (Å²) < 4.78 is 39.4. The lowest BCUT2D eigenvalue weighted by Gasteiger charge is -2.11. The van der Waals surface area contributed by atoms with Crippen LogP contribution in [-0.4, -0.2) is 22.3 Å². The molecule has 0 N–H and O–H groups in total. The Hall–Kier alpha value is -3.22. The normalized spacial score (nSPS) is 15.4. The van der Waals surface area contributed by atoms with Gasteiger partial charge in [-0.05, 0) is 35.4 Å². The molecule has 4 rings (SSSR count). The molecule has 26 heavy (non-hydrogen) atoms. The van der Waals surface area contributed by atoms with Crippen molar-refractivity contribution in [2.75, 3.05) is 6.61 Å². The Morgan fingerprint density at radius 3 is 2.62 bits per heavy atom. The minimum absolute atomic E-state index is 0.241. The zero-order valence-corrected chi connectivity index (χ0v) is 13.6. The van der Waals surface area contributed by atoms with E-state index in [1.54, 1.807) is 35.0 Å². The molecular weight excluding hydrogens is 342 g/mol. The van der Waals surface area contributed by atoms with Crippen LogP contribution in [0.25, 0.3) is 11.1 Å². The van der Waals surface area contributed by atoms with Crippen molar-refractivity contribution in [2.45, 2.75) is 12.6 Å². The van der Waals surface area contributed by atoms with Crippen molar-refractivity contribution in [3.63, 3.8) is 0 Å². The van der Waals surface area contributed by atoms with Crippen LogP contribution in [0.2, 0.25) is 0 Å². The Bertz CT molecular complexity index is 1000. The summed E-state index contributed by atoms with van der Waals surface area (Å²) in [6.07, 6.45) is 1.40. The molecule has 1 aliphatic rings. The van der Waals surface area contributed by atoms with Gasteiger partial charge in [0.1, 0.15) is 12.4 Å². The molecule has 5 nitrogen and oxygen atoms in total. The van der Waals surface area contributed by atoms with Crippen LogP contribution in [0.5, 0.6) is 11.8 Å². The number of hydrogen-bond donors (Lipinski definition) is 0. The second-order valence-corrected chi connectivity index (χ2v) is 5.90. The summed E-state index contributed by atoms with van der Waals surface area (Å²) in [5, 5.41) is 0. The molecule has 2 heterocycles. The third-order valence-electron chi connectivity index (χ3n) is 4.06. The Morgan fingerprint density at radius 2 is 1.85 bits per heavy atom. The van der Waals surface area contributed by atoms with Crippen molar-refractivity contribution in [3.8, 4) is 22.9 Å². The minimum Gasteiger partial charge on any atom is -0.490 e. The van der Waals surface area contributed by atoms with Crippen LogP contribution in [-0.2, 0) is 6.54 Å². The highest BCUT2D eigenvalue weighted by Gasteiger charge is 2.23. The van der Waals surface area contributed by atoms with Crippen LogP contribution < -0.4 is 15.0 Å². The predicted octanol–water partition coefficient (Wildman–Crippen LogP) is 3.03. The number of halogens is 2. The van der Waals surface area contributed by atoms with Crippen molar-refractivity contribution in [1.82, 2.24) is 9.55 Å². The van der Waals surface area contributed by atoms with E-state index in [-0.39, 0.29) is 11.7 Å². The fraction of sp³-hybridized carbons (Fsp3) is 0.158. The third kappa shape index (κ3) is 3.28. The zero-order valence-electron chi connectivity index (χ0n) is 13.6. The molecular formula is C19H14F2N2O3. The molecule has 1 unspecified atom stereocenters. The number of ether oxygens (including phenoxy) is 2. The molecule has 0 spiro atoms. The van der Waals surface area contributed by atoms with E-state index in [1.807, 2.05) is 0 Å². The Balaban J connectivity index is 1.39. The van der Waals surface area contributed by atoms with Gasteiger partial charge in [0.15, 0.2) is 17.7 Å². The largest absolute Gasteiger partial charge is 0.490 e. The van der Waals surface area contributed by atoms with Gasteiger partial charge in [-0.25, -0.2) is 8.78 Å². The van der Waals surface area contributed by atoms with Crippen LogP contribution >= 0.6 is 0 Å². The molecule has 0 saturated heterocycles. The second kappa shape index (κ2) is 6.59. The number of aromatic nitrogens is 2. The molecule has 0 fully saturated rings. The van der Waals surface area contributed by atoms with E-state index in [0.717, 1.165) is 17.7 Å². The maximum absolute atomic E-state index is 13.3. The fourth-order valence-corrected chi connectivity index (χ4v) is 2.75. The van der Waals surface area contributed by atoms with Crippen molar-refractivity contribution in [3.05, 3.63) is 76.7 Å². The lowest BCUT2D eigenvalue weighted by molar-refractivity contribution is 0.143. The molecule has 7 heteroatoms. The van der Waals surface area contributed by atoms with Gasteiger partial charge < -0.3 is 9.47 Å². The first kappa shape index (κ1) is 16.3. The number of nitrogens with zero attached hydrogens (tertiary/aromatic N) is 2. The summed E-state index contributed by atoms with van der Waals surface area (Å²) in [6, 6.07) is 12.5. The number of rotatable bonds is 4. The lowest BCUT2D eigenvalue weighted by Crippen LogP contribution is -2.23. The monoisotopic (exact) mass is 356 g/mol. The maximum Gasteiger partial charge on any atom is 0.300 e. The van der Waals surface area contributed by atoms with Crippen LogP contribution in [0.15, 0.2) is 59.5 Å². The smallest absolute Gasteiger partial charge is 0.300 e. The molecule has 1 aliphatic heterocycles.